The van der Waals surface area contributed by atoms with Crippen LogP contribution in [0.4, 0.5) is 0 Å². The predicted molar refractivity (Wildman–Crippen MR) is 80.4 cm³/mol. The quantitative estimate of drug-likeness (QED) is 0.578. The van der Waals surface area contributed by atoms with Crippen LogP contribution in [0.5, 0.6) is 0 Å². The Morgan fingerprint density at radius 3 is 1.53 bits per heavy atom. The van der Waals surface area contributed by atoms with E-state index in [1.54, 1.807) is 9.34 Å². The highest BCUT2D eigenvalue weighted by molar-refractivity contribution is 8.11. The Morgan fingerprint density at radius 1 is 0.882 bits per heavy atom. The largest absolute Gasteiger partial charge is 0.348 e. The number of rotatable bonds is 7. The van der Waals surface area contributed by atoms with Crippen LogP contribution in [0.1, 0.15) is 27.7 Å². The zero-order valence-corrected chi connectivity index (χ0v) is 14.7. The molecule has 0 aliphatic rings. The molecule has 0 bridgehead atoms. The second kappa shape index (κ2) is 7.75. The minimum Gasteiger partial charge on any atom is -0.262 e. The van der Waals surface area contributed by atoms with Gasteiger partial charge in [0.25, 0.3) is 0 Å². The Labute approximate surface area is 119 Å². The maximum Gasteiger partial charge on any atom is 0.348 e. The van der Waals surface area contributed by atoms with E-state index in [1.807, 2.05) is 27.7 Å². The van der Waals surface area contributed by atoms with Crippen molar-refractivity contribution < 1.29 is 4.57 Å². The van der Waals surface area contributed by atoms with Crippen LogP contribution in [-0.4, -0.2) is 35.5 Å². The Balaban J connectivity index is 5.29. The van der Waals surface area contributed by atoms with Crippen molar-refractivity contribution in [1.82, 2.24) is 9.34 Å². The van der Waals surface area contributed by atoms with Crippen molar-refractivity contribution >= 4 is 46.4 Å². The van der Waals surface area contributed by atoms with Gasteiger partial charge in [0.15, 0.2) is 0 Å². The highest BCUT2D eigenvalue weighted by Crippen LogP contribution is 2.72. The second-order valence-electron chi connectivity index (χ2n) is 3.30. The number of hydrogen-bond donors (Lipinski definition) is 0. The van der Waals surface area contributed by atoms with E-state index in [4.69, 9.17) is 33.7 Å². The second-order valence-corrected chi connectivity index (χ2v) is 11.7. The van der Waals surface area contributed by atoms with Crippen LogP contribution in [-0.2, 0) is 4.57 Å². The summed E-state index contributed by atoms with van der Waals surface area (Å²) in [4.78, 5) is 0. The minimum atomic E-state index is -3.33. The normalized spacial score (nSPS) is 16.3. The Kier molecular flexibility index (Phi) is 8.32. The van der Waals surface area contributed by atoms with Gasteiger partial charge in [0.2, 0.25) is 5.91 Å². The number of halogens is 3. The topological polar surface area (TPSA) is 35.9 Å². The first-order valence-electron chi connectivity index (χ1n) is 5.58. The molecule has 0 spiro atoms. The molecule has 0 saturated carbocycles. The van der Waals surface area contributed by atoms with Crippen LogP contribution in [0.3, 0.4) is 0 Å². The molecule has 0 aromatic rings. The summed E-state index contributed by atoms with van der Waals surface area (Å²) < 4.78 is 19.7. The van der Waals surface area contributed by atoms with E-state index in [-0.39, 0.29) is 0 Å². The third-order valence-corrected chi connectivity index (χ3v) is 10.4. The van der Waals surface area contributed by atoms with Gasteiger partial charge in [-0.1, -0.05) is 27.7 Å². The van der Waals surface area contributed by atoms with Gasteiger partial charge >= 0.3 is 6.80 Å². The van der Waals surface area contributed by atoms with E-state index in [0.29, 0.717) is 26.2 Å². The van der Waals surface area contributed by atoms with Crippen molar-refractivity contribution in [2.45, 2.75) is 27.7 Å². The first-order valence-corrected chi connectivity index (χ1v) is 11.6. The van der Waals surface area contributed by atoms with Crippen LogP contribution in [0, 0.1) is 0 Å². The molecule has 0 heterocycles. The van der Waals surface area contributed by atoms with E-state index < -0.39 is 12.7 Å². The smallest absolute Gasteiger partial charge is 0.262 e. The average molecular weight is 343 g/mol. The molecular formula is C8H20Cl3N3OP2. The third kappa shape index (κ3) is 5.40. The van der Waals surface area contributed by atoms with Crippen molar-refractivity contribution in [3.05, 3.63) is 0 Å². The molecule has 0 aliphatic carbocycles. The Bertz CT molecular complexity index is 326. The molecule has 0 aromatic heterocycles. The van der Waals surface area contributed by atoms with Crippen molar-refractivity contribution in [2.75, 3.05) is 26.2 Å². The third-order valence-electron chi connectivity index (χ3n) is 2.37. The summed E-state index contributed by atoms with van der Waals surface area (Å²) >= 11 is 18.4. The molecule has 0 fully saturated rings. The fraction of sp³-hybridized carbons (Fsp3) is 1.00. The summed E-state index contributed by atoms with van der Waals surface area (Å²) in [5.74, 6) is -2.79. The maximum absolute atomic E-state index is 12.3. The monoisotopic (exact) mass is 341 g/mol. The molecule has 0 radical (unpaired) electrons. The summed E-state index contributed by atoms with van der Waals surface area (Å²) in [6.45, 7) is 6.65. The molecule has 9 heteroatoms. The Hall–Kier alpha value is 1.25. The minimum absolute atomic E-state index is 0.548. The molecule has 0 aromatic carbocycles. The SMILES string of the molecule is CCN(CC)P(=O)(Cl)N=P(Cl)(Cl)N(CC)CC. The van der Waals surface area contributed by atoms with E-state index in [9.17, 15) is 4.57 Å². The van der Waals surface area contributed by atoms with Crippen LogP contribution < -0.4 is 0 Å². The lowest BCUT2D eigenvalue weighted by molar-refractivity contribution is 0.455. The maximum atomic E-state index is 12.3. The van der Waals surface area contributed by atoms with E-state index in [1.165, 1.54) is 0 Å². The van der Waals surface area contributed by atoms with Crippen molar-refractivity contribution in [3.8, 4) is 0 Å². The van der Waals surface area contributed by atoms with Gasteiger partial charge in [0, 0.05) is 26.2 Å². The summed E-state index contributed by atoms with van der Waals surface area (Å²) in [6, 6.07) is 0. The van der Waals surface area contributed by atoms with Gasteiger partial charge in [-0.15, -0.1) is 0 Å². The molecule has 0 aliphatic heterocycles. The molecule has 104 valence electrons. The van der Waals surface area contributed by atoms with Gasteiger partial charge in [-0.25, -0.2) is 9.34 Å². The molecule has 4 nitrogen and oxygen atoms in total. The molecule has 0 N–H and O–H groups in total. The van der Waals surface area contributed by atoms with Crippen LogP contribution in [0.2, 0.25) is 0 Å². The molecule has 17 heavy (non-hydrogen) atoms. The lowest BCUT2D eigenvalue weighted by atomic mass is 10.7. The zero-order valence-electron chi connectivity index (χ0n) is 10.6. The average Bonchev–Trinajstić information content (AvgIpc) is 2.18. The summed E-state index contributed by atoms with van der Waals surface area (Å²) in [7, 11) is 0. The van der Waals surface area contributed by atoms with Gasteiger partial charge in [-0.05, 0) is 33.7 Å². The summed E-state index contributed by atoms with van der Waals surface area (Å²) in [5.41, 5.74) is 0. The van der Waals surface area contributed by atoms with Crippen LogP contribution >= 0.6 is 46.4 Å². The molecular weight excluding hydrogens is 322 g/mol. The molecule has 0 rings (SSSR count). The van der Waals surface area contributed by atoms with Crippen molar-refractivity contribution in [3.63, 3.8) is 0 Å². The van der Waals surface area contributed by atoms with Crippen LogP contribution in [0.15, 0.2) is 4.52 Å². The van der Waals surface area contributed by atoms with E-state index >= 15 is 0 Å². The van der Waals surface area contributed by atoms with E-state index in [0.717, 1.165) is 0 Å². The van der Waals surface area contributed by atoms with Crippen molar-refractivity contribution in [1.29, 1.82) is 0 Å². The summed E-state index contributed by atoms with van der Waals surface area (Å²) in [6.07, 6.45) is 0. The highest BCUT2D eigenvalue weighted by Gasteiger charge is 2.31. The highest BCUT2D eigenvalue weighted by atomic mass is 35.9. The standard InChI is InChI=1S/C8H20Cl3N3OP2/c1-5-13(6-2)16(9,10)12-17(11,15)14(7-3)8-4/h5-8H2,1-4H3. The molecule has 0 amide bonds. The number of nitrogens with zero attached hydrogens (tertiary/aromatic N) is 3. The predicted octanol–water partition coefficient (Wildman–Crippen LogP) is 5.44. The first kappa shape index (κ1) is 18.2. The van der Waals surface area contributed by atoms with Crippen LogP contribution in [0.25, 0.3) is 0 Å². The van der Waals surface area contributed by atoms with Gasteiger partial charge in [0.1, 0.15) is 0 Å². The Morgan fingerprint density at radius 2 is 1.24 bits per heavy atom. The molecule has 1 atom stereocenters. The lowest BCUT2D eigenvalue weighted by Crippen LogP contribution is -2.18. The molecule has 1 unspecified atom stereocenters. The summed E-state index contributed by atoms with van der Waals surface area (Å²) in [5, 5.41) is 0. The fourth-order valence-corrected chi connectivity index (χ4v) is 9.81. The lowest BCUT2D eigenvalue weighted by Gasteiger charge is -2.27. The van der Waals surface area contributed by atoms with Gasteiger partial charge in [-0.2, -0.15) is 4.52 Å². The van der Waals surface area contributed by atoms with E-state index in [2.05, 4.69) is 4.52 Å². The van der Waals surface area contributed by atoms with Gasteiger partial charge < -0.3 is 0 Å². The number of hydrogen-bond acceptors (Lipinski definition) is 1. The first-order chi connectivity index (χ1) is 7.75. The van der Waals surface area contributed by atoms with Gasteiger partial charge in [-0.3, -0.25) is 4.57 Å². The molecule has 0 saturated heterocycles. The fourth-order valence-electron chi connectivity index (χ4n) is 1.38. The van der Waals surface area contributed by atoms with Crippen molar-refractivity contribution in [2.24, 2.45) is 4.52 Å². The van der Waals surface area contributed by atoms with Gasteiger partial charge in [0.05, 0.1) is 0 Å². The zero-order chi connectivity index (χ0) is 13.7.